The molecule has 2 aromatic rings. The van der Waals surface area contributed by atoms with E-state index in [1.807, 2.05) is 12.4 Å². The van der Waals surface area contributed by atoms with Gasteiger partial charge in [0.05, 0.1) is 35.9 Å². The number of rotatable bonds is 4. The zero-order valence-electron chi connectivity index (χ0n) is 10.3. The zero-order valence-corrected chi connectivity index (χ0v) is 10.3. The largest absolute Gasteiger partial charge is 0.377 e. The van der Waals surface area contributed by atoms with Crippen LogP contribution in [0.1, 0.15) is 30.1 Å². The van der Waals surface area contributed by atoms with Gasteiger partial charge in [-0.3, -0.25) is 0 Å². The molecule has 0 radical (unpaired) electrons. The van der Waals surface area contributed by atoms with E-state index in [1.165, 1.54) is 18.9 Å². The van der Waals surface area contributed by atoms with E-state index in [2.05, 4.69) is 14.9 Å². The maximum Gasteiger partial charge on any atom is 0.147 e. The number of halogens is 1. The molecule has 3 rings (SSSR count). The van der Waals surface area contributed by atoms with Gasteiger partial charge in [-0.2, -0.15) is 5.26 Å². The van der Waals surface area contributed by atoms with E-state index in [0.717, 1.165) is 5.69 Å². The second-order valence-electron chi connectivity index (χ2n) is 4.68. The highest BCUT2D eigenvalue weighted by Gasteiger charge is 2.25. The Hall–Kier alpha value is -2.35. The van der Waals surface area contributed by atoms with Crippen LogP contribution < -0.4 is 5.32 Å². The Kier molecular flexibility index (Phi) is 2.92. The van der Waals surface area contributed by atoms with E-state index in [0.29, 0.717) is 23.8 Å². The highest BCUT2D eigenvalue weighted by molar-refractivity contribution is 5.48. The Balaban J connectivity index is 1.72. The third-order valence-electron chi connectivity index (χ3n) is 3.24. The third-order valence-corrected chi connectivity index (χ3v) is 3.24. The van der Waals surface area contributed by atoms with Gasteiger partial charge in [0, 0.05) is 12.2 Å². The molecule has 1 fully saturated rings. The van der Waals surface area contributed by atoms with Crippen LogP contribution in [0.5, 0.6) is 0 Å². The molecular weight excluding hydrogens is 243 g/mol. The van der Waals surface area contributed by atoms with Crippen molar-refractivity contribution in [3.63, 3.8) is 0 Å². The average molecular weight is 256 g/mol. The fourth-order valence-electron chi connectivity index (χ4n) is 2.06. The standard InChI is InChI=1S/C14H13FN4/c15-13-5-10(6-16)1-4-14(13)18-8-12-7-17-9-19(12)11-2-3-11/h1,4-5,7,9,11,18H,2-3,8H2. The van der Waals surface area contributed by atoms with Crippen LogP contribution in [-0.4, -0.2) is 9.55 Å². The Bertz CT molecular complexity index is 637. The molecule has 1 aliphatic carbocycles. The Morgan fingerprint density at radius 2 is 2.32 bits per heavy atom. The summed E-state index contributed by atoms with van der Waals surface area (Å²) < 4.78 is 15.8. The lowest BCUT2D eigenvalue weighted by Crippen LogP contribution is -2.07. The van der Waals surface area contributed by atoms with Crippen molar-refractivity contribution in [3.05, 3.63) is 47.8 Å². The molecule has 0 unspecified atom stereocenters. The number of anilines is 1. The second kappa shape index (κ2) is 4.73. The second-order valence-corrected chi connectivity index (χ2v) is 4.68. The average Bonchev–Trinajstić information content (AvgIpc) is 3.16. The van der Waals surface area contributed by atoms with E-state index < -0.39 is 5.82 Å². The van der Waals surface area contributed by atoms with Crippen molar-refractivity contribution in [2.24, 2.45) is 0 Å². The van der Waals surface area contributed by atoms with Crippen LogP contribution in [0.3, 0.4) is 0 Å². The number of nitriles is 1. The lowest BCUT2D eigenvalue weighted by atomic mass is 10.2. The lowest BCUT2D eigenvalue weighted by Gasteiger charge is -2.10. The van der Waals surface area contributed by atoms with Gasteiger partial charge in [0.25, 0.3) is 0 Å². The minimum absolute atomic E-state index is 0.325. The molecule has 1 saturated carbocycles. The van der Waals surface area contributed by atoms with E-state index in [-0.39, 0.29) is 0 Å². The molecule has 1 heterocycles. The first-order chi connectivity index (χ1) is 9.28. The van der Waals surface area contributed by atoms with E-state index in [4.69, 9.17) is 5.26 Å². The predicted molar refractivity (Wildman–Crippen MR) is 68.9 cm³/mol. The first kappa shape index (κ1) is 11.7. The van der Waals surface area contributed by atoms with Gasteiger partial charge in [-0.05, 0) is 31.0 Å². The number of aromatic nitrogens is 2. The van der Waals surface area contributed by atoms with Gasteiger partial charge in [0.15, 0.2) is 0 Å². The van der Waals surface area contributed by atoms with Gasteiger partial charge in [-0.1, -0.05) is 0 Å². The molecule has 5 heteroatoms. The molecule has 0 aliphatic heterocycles. The van der Waals surface area contributed by atoms with Crippen molar-refractivity contribution >= 4 is 5.69 Å². The summed E-state index contributed by atoms with van der Waals surface area (Å²) in [6.07, 6.45) is 6.00. The van der Waals surface area contributed by atoms with Gasteiger partial charge in [0.1, 0.15) is 5.82 Å². The molecule has 1 aromatic carbocycles. The molecule has 96 valence electrons. The maximum absolute atomic E-state index is 13.7. The van der Waals surface area contributed by atoms with Crippen LogP contribution in [-0.2, 0) is 6.54 Å². The highest BCUT2D eigenvalue weighted by atomic mass is 19.1. The summed E-state index contributed by atoms with van der Waals surface area (Å²) in [5, 5.41) is 11.7. The van der Waals surface area contributed by atoms with Crippen molar-refractivity contribution in [2.45, 2.75) is 25.4 Å². The molecule has 1 N–H and O–H groups in total. The molecule has 4 nitrogen and oxygen atoms in total. The van der Waals surface area contributed by atoms with Gasteiger partial charge in [-0.25, -0.2) is 9.37 Å². The van der Waals surface area contributed by atoms with Crippen LogP contribution in [0.15, 0.2) is 30.7 Å². The minimum atomic E-state index is -0.406. The number of hydrogen-bond acceptors (Lipinski definition) is 3. The summed E-state index contributed by atoms with van der Waals surface area (Å²) in [6, 6.07) is 6.90. The fraction of sp³-hybridized carbons (Fsp3) is 0.286. The number of imidazole rings is 1. The smallest absolute Gasteiger partial charge is 0.147 e. The predicted octanol–water partition coefficient (Wildman–Crippen LogP) is 2.84. The minimum Gasteiger partial charge on any atom is -0.377 e. The highest BCUT2D eigenvalue weighted by Crippen LogP contribution is 2.35. The van der Waals surface area contributed by atoms with E-state index >= 15 is 0 Å². The van der Waals surface area contributed by atoms with Crippen LogP contribution in [0.4, 0.5) is 10.1 Å². The van der Waals surface area contributed by atoms with E-state index in [1.54, 1.807) is 18.3 Å². The summed E-state index contributed by atoms with van der Waals surface area (Å²) in [4.78, 5) is 4.13. The SMILES string of the molecule is N#Cc1ccc(NCc2cncn2C2CC2)c(F)c1. The molecular formula is C14H13FN4. The molecule has 0 amide bonds. The maximum atomic E-state index is 13.7. The number of benzene rings is 1. The van der Waals surface area contributed by atoms with Crippen molar-refractivity contribution in [1.82, 2.24) is 9.55 Å². The van der Waals surface area contributed by atoms with Gasteiger partial charge >= 0.3 is 0 Å². The number of nitrogens with one attached hydrogen (secondary N) is 1. The molecule has 1 aliphatic rings. The van der Waals surface area contributed by atoms with E-state index in [9.17, 15) is 4.39 Å². The summed E-state index contributed by atoms with van der Waals surface area (Å²) >= 11 is 0. The van der Waals surface area contributed by atoms with Crippen molar-refractivity contribution in [3.8, 4) is 6.07 Å². The quantitative estimate of drug-likeness (QED) is 0.915. The molecule has 19 heavy (non-hydrogen) atoms. The molecule has 0 bridgehead atoms. The van der Waals surface area contributed by atoms with Crippen LogP contribution >= 0.6 is 0 Å². The Morgan fingerprint density at radius 1 is 1.47 bits per heavy atom. The monoisotopic (exact) mass is 256 g/mol. The summed E-state index contributed by atoms with van der Waals surface area (Å²) in [6.45, 7) is 0.527. The topological polar surface area (TPSA) is 53.6 Å². The number of hydrogen-bond donors (Lipinski definition) is 1. The summed E-state index contributed by atoms with van der Waals surface area (Å²) in [7, 11) is 0. The molecule has 1 aromatic heterocycles. The Morgan fingerprint density at radius 3 is 3.00 bits per heavy atom. The molecule has 0 spiro atoms. The van der Waals surface area contributed by atoms with Crippen LogP contribution in [0, 0.1) is 17.1 Å². The zero-order chi connectivity index (χ0) is 13.2. The molecule has 0 saturated heterocycles. The van der Waals surface area contributed by atoms with Gasteiger partial charge < -0.3 is 9.88 Å². The lowest BCUT2D eigenvalue weighted by molar-refractivity contribution is 0.628. The summed E-state index contributed by atoms with van der Waals surface area (Å²) in [5.74, 6) is -0.406. The first-order valence-corrected chi connectivity index (χ1v) is 6.22. The van der Waals surface area contributed by atoms with Crippen molar-refractivity contribution < 1.29 is 4.39 Å². The van der Waals surface area contributed by atoms with Crippen LogP contribution in [0.2, 0.25) is 0 Å². The number of nitrogens with zero attached hydrogens (tertiary/aromatic N) is 3. The van der Waals surface area contributed by atoms with Gasteiger partial charge in [0.2, 0.25) is 0 Å². The third kappa shape index (κ3) is 2.43. The Labute approximate surface area is 110 Å². The van der Waals surface area contributed by atoms with Crippen LogP contribution in [0.25, 0.3) is 0 Å². The van der Waals surface area contributed by atoms with Gasteiger partial charge in [-0.15, -0.1) is 0 Å². The summed E-state index contributed by atoms with van der Waals surface area (Å²) in [5.41, 5.74) is 1.78. The fourth-order valence-corrected chi connectivity index (χ4v) is 2.06. The van der Waals surface area contributed by atoms with Crippen molar-refractivity contribution in [1.29, 1.82) is 5.26 Å². The molecule has 0 atom stereocenters. The van der Waals surface area contributed by atoms with Crippen molar-refractivity contribution in [2.75, 3.05) is 5.32 Å². The first-order valence-electron chi connectivity index (χ1n) is 6.22. The normalized spacial score (nSPS) is 14.1.